The highest BCUT2D eigenvalue weighted by Crippen LogP contribution is 2.12. The van der Waals surface area contributed by atoms with E-state index >= 15 is 0 Å². The molecule has 0 amide bonds. The van der Waals surface area contributed by atoms with Crippen molar-refractivity contribution in [2.45, 2.75) is 12.6 Å². The van der Waals surface area contributed by atoms with Gasteiger partial charge in [-0.25, -0.2) is 10.9 Å². The lowest BCUT2D eigenvalue weighted by molar-refractivity contribution is 0.414. The first-order chi connectivity index (χ1) is 6.88. The first kappa shape index (κ1) is 9.42. The zero-order chi connectivity index (χ0) is 9.80. The molecule has 76 valence electrons. The van der Waals surface area contributed by atoms with Gasteiger partial charge in [0.05, 0.1) is 13.3 Å². The van der Waals surface area contributed by atoms with E-state index in [2.05, 4.69) is 34.1 Å². The van der Waals surface area contributed by atoms with Gasteiger partial charge in [-0.1, -0.05) is 12.1 Å². The third-order valence-electron chi connectivity index (χ3n) is 2.15. The minimum atomic E-state index is 0.211. The van der Waals surface area contributed by atoms with Gasteiger partial charge in [0.1, 0.15) is 5.75 Å². The molecule has 1 saturated heterocycles. The molecular formula is C9H14N4O. The molecule has 0 bridgehead atoms. The van der Waals surface area contributed by atoms with E-state index in [9.17, 15) is 0 Å². The van der Waals surface area contributed by atoms with Crippen molar-refractivity contribution in [3.63, 3.8) is 0 Å². The van der Waals surface area contributed by atoms with Crippen LogP contribution in [-0.2, 0) is 6.42 Å². The van der Waals surface area contributed by atoms with Gasteiger partial charge >= 0.3 is 0 Å². The average Bonchev–Trinajstić information content (AvgIpc) is 2.72. The Morgan fingerprint density at radius 3 is 2.36 bits per heavy atom. The van der Waals surface area contributed by atoms with Crippen LogP contribution in [0.4, 0.5) is 0 Å². The Morgan fingerprint density at radius 2 is 1.79 bits per heavy atom. The lowest BCUT2D eigenvalue weighted by atomic mass is 10.1. The van der Waals surface area contributed by atoms with E-state index < -0.39 is 0 Å². The quantitative estimate of drug-likeness (QED) is 0.531. The van der Waals surface area contributed by atoms with Crippen LogP contribution in [0.5, 0.6) is 5.75 Å². The van der Waals surface area contributed by atoms with E-state index in [4.69, 9.17) is 4.74 Å². The first-order valence-corrected chi connectivity index (χ1v) is 4.52. The van der Waals surface area contributed by atoms with Gasteiger partial charge in [-0.2, -0.15) is 11.1 Å². The highest BCUT2D eigenvalue weighted by atomic mass is 16.5. The van der Waals surface area contributed by atoms with Crippen LogP contribution in [-0.4, -0.2) is 13.3 Å². The van der Waals surface area contributed by atoms with Gasteiger partial charge < -0.3 is 4.74 Å². The molecule has 0 atom stereocenters. The van der Waals surface area contributed by atoms with Crippen LogP contribution in [0.1, 0.15) is 5.56 Å². The van der Waals surface area contributed by atoms with Crippen LogP contribution >= 0.6 is 0 Å². The monoisotopic (exact) mass is 194 g/mol. The van der Waals surface area contributed by atoms with Crippen LogP contribution in [0.2, 0.25) is 0 Å². The minimum Gasteiger partial charge on any atom is -0.497 e. The molecule has 1 heterocycles. The molecule has 0 spiro atoms. The molecule has 1 aliphatic rings. The van der Waals surface area contributed by atoms with Crippen molar-refractivity contribution in [1.82, 2.24) is 21.9 Å². The maximum Gasteiger partial charge on any atom is 0.118 e. The smallest absolute Gasteiger partial charge is 0.118 e. The van der Waals surface area contributed by atoms with Gasteiger partial charge in [0, 0.05) is 6.42 Å². The number of hydrogen-bond acceptors (Lipinski definition) is 5. The summed E-state index contributed by atoms with van der Waals surface area (Å²) < 4.78 is 5.08. The lowest BCUT2D eigenvalue weighted by Crippen LogP contribution is -2.35. The van der Waals surface area contributed by atoms with Crippen molar-refractivity contribution in [2.75, 3.05) is 7.11 Å². The first-order valence-electron chi connectivity index (χ1n) is 4.52. The third kappa shape index (κ3) is 2.21. The Bertz CT molecular complexity index is 281. The molecule has 0 aliphatic carbocycles. The Labute approximate surface area is 82.7 Å². The van der Waals surface area contributed by atoms with Gasteiger partial charge in [-0.05, 0) is 17.7 Å². The fraction of sp³-hybridized carbons (Fsp3) is 0.333. The van der Waals surface area contributed by atoms with Crippen molar-refractivity contribution >= 4 is 0 Å². The summed E-state index contributed by atoms with van der Waals surface area (Å²) in [5.74, 6) is 0.886. The average molecular weight is 194 g/mol. The molecule has 0 aromatic heterocycles. The molecule has 1 aromatic rings. The Morgan fingerprint density at radius 1 is 1.14 bits per heavy atom. The second kappa shape index (κ2) is 4.39. The molecule has 5 nitrogen and oxygen atoms in total. The van der Waals surface area contributed by atoms with Gasteiger partial charge in [0.25, 0.3) is 0 Å². The van der Waals surface area contributed by atoms with Crippen LogP contribution in [0.15, 0.2) is 24.3 Å². The second-order valence-electron chi connectivity index (χ2n) is 3.14. The zero-order valence-corrected chi connectivity index (χ0v) is 8.00. The van der Waals surface area contributed by atoms with E-state index in [1.165, 1.54) is 5.56 Å². The third-order valence-corrected chi connectivity index (χ3v) is 2.15. The van der Waals surface area contributed by atoms with Gasteiger partial charge in [0.2, 0.25) is 0 Å². The Balaban J connectivity index is 1.95. The Kier molecular flexibility index (Phi) is 2.95. The summed E-state index contributed by atoms with van der Waals surface area (Å²) >= 11 is 0. The molecule has 5 heteroatoms. The second-order valence-corrected chi connectivity index (χ2v) is 3.14. The summed E-state index contributed by atoms with van der Waals surface area (Å²) in [5, 5.41) is 0. The highest BCUT2D eigenvalue weighted by Gasteiger charge is 2.12. The number of benzene rings is 1. The minimum absolute atomic E-state index is 0.211. The van der Waals surface area contributed by atoms with Crippen molar-refractivity contribution in [3.05, 3.63) is 29.8 Å². The predicted molar refractivity (Wildman–Crippen MR) is 53.0 cm³/mol. The lowest BCUT2D eigenvalue weighted by Gasteiger charge is -2.08. The maximum atomic E-state index is 5.08. The summed E-state index contributed by atoms with van der Waals surface area (Å²) in [4.78, 5) is 0. The summed E-state index contributed by atoms with van der Waals surface area (Å²) in [6.07, 6.45) is 1.12. The van der Waals surface area contributed by atoms with Gasteiger partial charge in [0.15, 0.2) is 0 Å². The van der Waals surface area contributed by atoms with E-state index in [1.807, 2.05) is 12.1 Å². The highest BCUT2D eigenvalue weighted by molar-refractivity contribution is 5.27. The van der Waals surface area contributed by atoms with Crippen molar-refractivity contribution in [3.8, 4) is 5.75 Å². The fourth-order valence-corrected chi connectivity index (χ4v) is 1.38. The van der Waals surface area contributed by atoms with Gasteiger partial charge in [-0.15, -0.1) is 0 Å². The summed E-state index contributed by atoms with van der Waals surface area (Å²) in [6.45, 7) is 0. The van der Waals surface area contributed by atoms with Crippen LogP contribution in [0.25, 0.3) is 0 Å². The molecule has 4 N–H and O–H groups in total. The van der Waals surface area contributed by atoms with Crippen LogP contribution < -0.4 is 26.7 Å². The molecule has 2 rings (SSSR count). The van der Waals surface area contributed by atoms with Crippen LogP contribution in [0, 0.1) is 0 Å². The van der Waals surface area contributed by atoms with Crippen LogP contribution in [0.3, 0.4) is 0 Å². The number of rotatable bonds is 3. The number of hydrogen-bond donors (Lipinski definition) is 4. The molecular weight excluding hydrogens is 180 g/mol. The van der Waals surface area contributed by atoms with E-state index in [-0.39, 0.29) is 6.17 Å². The summed E-state index contributed by atoms with van der Waals surface area (Å²) in [5.41, 5.74) is 12.9. The largest absolute Gasteiger partial charge is 0.497 e. The topological polar surface area (TPSA) is 57.4 Å². The van der Waals surface area contributed by atoms with E-state index in [0.717, 1.165) is 12.2 Å². The SMILES string of the molecule is COc1ccc(CC2NNNN2)cc1. The van der Waals surface area contributed by atoms with Crippen molar-refractivity contribution < 1.29 is 4.74 Å². The molecule has 0 saturated carbocycles. The number of ether oxygens (including phenoxy) is 1. The van der Waals surface area contributed by atoms with Crippen molar-refractivity contribution in [2.24, 2.45) is 0 Å². The standard InChI is InChI=1S/C9H14N4O/c1-14-8-4-2-7(3-5-8)6-9-10-12-13-11-9/h2-5,9-13H,6H2,1H3. The van der Waals surface area contributed by atoms with Gasteiger partial charge in [-0.3, -0.25) is 0 Å². The molecule has 0 radical (unpaired) electrons. The fourth-order valence-electron chi connectivity index (χ4n) is 1.38. The zero-order valence-electron chi connectivity index (χ0n) is 8.00. The number of nitrogens with one attached hydrogen (secondary N) is 4. The predicted octanol–water partition coefficient (Wildman–Crippen LogP) is -0.319. The Hall–Kier alpha value is -1.14. The molecule has 1 fully saturated rings. The maximum absolute atomic E-state index is 5.08. The molecule has 14 heavy (non-hydrogen) atoms. The number of hydrazine groups is 3. The molecule has 1 aromatic carbocycles. The summed E-state index contributed by atoms with van der Waals surface area (Å²) in [7, 11) is 1.67. The summed E-state index contributed by atoms with van der Waals surface area (Å²) in [6, 6.07) is 8.04. The number of methoxy groups -OCH3 is 1. The van der Waals surface area contributed by atoms with E-state index in [1.54, 1.807) is 7.11 Å². The molecule has 0 unspecified atom stereocenters. The normalized spacial score (nSPS) is 17.2. The van der Waals surface area contributed by atoms with E-state index in [0.29, 0.717) is 0 Å². The van der Waals surface area contributed by atoms with Crippen molar-refractivity contribution in [1.29, 1.82) is 0 Å². The molecule has 1 aliphatic heterocycles.